The maximum Gasteiger partial charge on any atom is 0.169 e. The molecule has 4 aromatic carbocycles. The van der Waals surface area contributed by atoms with E-state index in [1.54, 1.807) is 21.3 Å². The molecule has 6 heteroatoms. The van der Waals surface area contributed by atoms with Crippen LogP contribution in [0.5, 0.6) is 28.7 Å². The fourth-order valence-electron chi connectivity index (χ4n) is 5.98. The van der Waals surface area contributed by atoms with Gasteiger partial charge in [0.1, 0.15) is 5.75 Å². The van der Waals surface area contributed by atoms with Crippen molar-refractivity contribution in [3.8, 4) is 28.7 Å². The highest BCUT2D eigenvalue weighted by Gasteiger charge is 2.20. The normalized spacial score (nSPS) is 13.8. The largest absolute Gasteiger partial charge is 0.493 e. The van der Waals surface area contributed by atoms with Crippen LogP contribution in [-0.2, 0) is 25.7 Å². The maximum absolute atomic E-state index is 6.36. The zero-order valence-corrected chi connectivity index (χ0v) is 25.6. The molecule has 0 spiro atoms. The monoisotopic (exact) mass is 574 g/mol. The summed E-state index contributed by atoms with van der Waals surface area (Å²) in [5.74, 6) is 3.60. The van der Waals surface area contributed by atoms with E-state index in [0.29, 0.717) is 23.7 Å². The number of benzene rings is 4. The van der Waals surface area contributed by atoms with Gasteiger partial charge < -0.3 is 18.9 Å². The Balaban J connectivity index is 1.19. The van der Waals surface area contributed by atoms with Crippen molar-refractivity contribution in [1.82, 2.24) is 0 Å². The summed E-state index contributed by atoms with van der Waals surface area (Å²) in [7, 11) is 5.02. The molecule has 2 heterocycles. The average Bonchev–Trinajstić information content (AvgIpc) is 3.02. The van der Waals surface area contributed by atoms with E-state index in [1.165, 1.54) is 27.8 Å². The summed E-state index contributed by atoms with van der Waals surface area (Å²) >= 11 is 0. The number of aryl methyl sites for hydroxylation is 2. The number of fused-ring (bicyclic) bond motifs is 2. The molecule has 0 amide bonds. The predicted octanol–water partition coefficient (Wildman–Crippen LogP) is 7.30. The molecule has 2 aliphatic heterocycles. The van der Waals surface area contributed by atoms with Gasteiger partial charge in [0, 0.05) is 42.9 Å². The molecule has 0 aliphatic carbocycles. The average molecular weight is 575 g/mol. The Morgan fingerprint density at radius 2 is 1.16 bits per heavy atom. The maximum atomic E-state index is 6.36. The highest BCUT2D eigenvalue weighted by atomic mass is 16.5. The molecule has 0 N–H and O–H groups in total. The van der Waals surface area contributed by atoms with Crippen molar-refractivity contribution in [3.63, 3.8) is 0 Å². The van der Waals surface area contributed by atoms with Crippen molar-refractivity contribution >= 4 is 11.4 Å². The Morgan fingerprint density at radius 1 is 0.581 bits per heavy atom. The highest BCUT2D eigenvalue weighted by Crippen LogP contribution is 2.35. The van der Waals surface area contributed by atoms with E-state index in [4.69, 9.17) is 28.9 Å². The van der Waals surface area contributed by atoms with Crippen LogP contribution in [0.15, 0.2) is 76.7 Å². The molecule has 43 heavy (non-hydrogen) atoms. The van der Waals surface area contributed by atoms with Gasteiger partial charge in [-0.25, -0.2) is 0 Å². The van der Waals surface area contributed by atoms with Crippen molar-refractivity contribution in [2.75, 3.05) is 34.4 Å². The van der Waals surface area contributed by atoms with Gasteiger partial charge in [-0.2, -0.15) is 0 Å². The number of hydrogen-bond acceptors (Lipinski definition) is 6. The Kier molecular flexibility index (Phi) is 8.19. The number of ether oxygens (including phenoxy) is 4. The van der Waals surface area contributed by atoms with Gasteiger partial charge in [0.15, 0.2) is 23.0 Å². The summed E-state index contributed by atoms with van der Waals surface area (Å²) in [6.07, 6.45) is 3.33. The smallest absolute Gasteiger partial charge is 0.169 e. The minimum Gasteiger partial charge on any atom is -0.493 e. The van der Waals surface area contributed by atoms with Crippen molar-refractivity contribution in [2.24, 2.45) is 9.98 Å². The van der Waals surface area contributed by atoms with Gasteiger partial charge in [-0.3, -0.25) is 9.98 Å². The van der Waals surface area contributed by atoms with Crippen LogP contribution in [0.2, 0.25) is 0 Å². The van der Waals surface area contributed by atoms with Crippen LogP contribution in [-0.4, -0.2) is 45.8 Å². The quantitative estimate of drug-likeness (QED) is 0.211. The molecule has 0 bridgehead atoms. The van der Waals surface area contributed by atoms with Crippen LogP contribution >= 0.6 is 0 Å². The van der Waals surface area contributed by atoms with E-state index in [0.717, 1.165) is 72.0 Å². The van der Waals surface area contributed by atoms with Crippen LogP contribution in [0.1, 0.15) is 44.5 Å². The van der Waals surface area contributed by atoms with Gasteiger partial charge in [0.2, 0.25) is 0 Å². The molecule has 6 nitrogen and oxygen atoms in total. The lowest BCUT2D eigenvalue weighted by Crippen LogP contribution is -2.16. The van der Waals surface area contributed by atoms with Gasteiger partial charge in [-0.1, -0.05) is 24.3 Å². The van der Waals surface area contributed by atoms with E-state index in [1.807, 2.05) is 24.3 Å². The van der Waals surface area contributed by atoms with Gasteiger partial charge in [-0.15, -0.1) is 0 Å². The van der Waals surface area contributed by atoms with Gasteiger partial charge in [0.25, 0.3) is 0 Å². The fourth-order valence-corrected chi connectivity index (χ4v) is 5.98. The Bertz CT molecular complexity index is 1740. The molecular weight excluding hydrogens is 536 g/mol. The summed E-state index contributed by atoms with van der Waals surface area (Å²) in [4.78, 5) is 9.76. The first-order valence-electron chi connectivity index (χ1n) is 14.8. The summed E-state index contributed by atoms with van der Waals surface area (Å²) in [5.41, 5.74) is 12.1. The van der Waals surface area contributed by atoms with Gasteiger partial charge >= 0.3 is 0 Å². The SMILES string of the molecule is COc1cc2c(cc1OC)C(Cc1cccc(Oc3ccc(CC4=NCCc5cc(C)c(C)cc54)cc3OC)c1)=NCC2. The Labute approximate surface area is 254 Å². The highest BCUT2D eigenvalue weighted by molar-refractivity contribution is 6.05. The molecule has 4 aromatic rings. The minimum atomic E-state index is 0.679. The molecule has 0 atom stereocenters. The van der Waals surface area contributed by atoms with E-state index >= 15 is 0 Å². The first kappa shape index (κ1) is 28.5. The van der Waals surface area contributed by atoms with Crippen LogP contribution < -0.4 is 18.9 Å². The van der Waals surface area contributed by atoms with Crippen molar-refractivity contribution in [3.05, 3.63) is 111 Å². The topological polar surface area (TPSA) is 61.6 Å². The van der Waals surface area contributed by atoms with Crippen molar-refractivity contribution in [1.29, 1.82) is 0 Å². The number of hydrogen-bond donors (Lipinski definition) is 0. The van der Waals surface area contributed by atoms with Crippen LogP contribution in [0.3, 0.4) is 0 Å². The molecule has 0 unspecified atom stereocenters. The summed E-state index contributed by atoms with van der Waals surface area (Å²) in [5, 5.41) is 0. The third kappa shape index (κ3) is 6.00. The number of rotatable bonds is 9. The Hall–Kier alpha value is -4.58. The van der Waals surface area contributed by atoms with Crippen LogP contribution in [0.25, 0.3) is 0 Å². The molecule has 220 valence electrons. The van der Waals surface area contributed by atoms with E-state index in [-0.39, 0.29) is 0 Å². The standard InChI is InChI=1S/C37H38N2O4/c1-23-15-27-11-13-38-32(30(27)16-24(23)2)19-26-9-10-34(35(20-26)40-3)43-29-8-6-7-25(17-29)18-33-31-22-37(42-5)36(41-4)21-28(31)12-14-39-33/h6-10,15-17,20-22H,11-14,18-19H2,1-5H3. The van der Waals surface area contributed by atoms with Crippen LogP contribution in [0, 0.1) is 13.8 Å². The van der Waals surface area contributed by atoms with Crippen LogP contribution in [0.4, 0.5) is 0 Å². The molecule has 2 aliphatic rings. The summed E-state index contributed by atoms with van der Waals surface area (Å²) in [6.45, 7) is 5.94. The second-order valence-electron chi connectivity index (χ2n) is 11.2. The minimum absolute atomic E-state index is 0.679. The number of methoxy groups -OCH3 is 3. The lowest BCUT2D eigenvalue weighted by molar-refractivity contribution is 0.354. The number of nitrogens with zero attached hydrogens (tertiary/aromatic N) is 2. The molecule has 0 fully saturated rings. The molecule has 0 saturated carbocycles. The van der Waals surface area contributed by atoms with E-state index in [2.05, 4.69) is 56.3 Å². The van der Waals surface area contributed by atoms with E-state index < -0.39 is 0 Å². The molecular formula is C37H38N2O4. The summed E-state index contributed by atoms with van der Waals surface area (Å²) in [6, 6.07) is 23.0. The predicted molar refractivity (Wildman–Crippen MR) is 173 cm³/mol. The van der Waals surface area contributed by atoms with Crippen molar-refractivity contribution < 1.29 is 18.9 Å². The number of aliphatic imine (C=N–C) groups is 2. The van der Waals surface area contributed by atoms with Gasteiger partial charge in [-0.05, 0) is 108 Å². The first-order valence-corrected chi connectivity index (χ1v) is 14.8. The second kappa shape index (κ2) is 12.3. The first-order chi connectivity index (χ1) is 20.9. The molecule has 0 aromatic heterocycles. The second-order valence-corrected chi connectivity index (χ2v) is 11.2. The molecule has 0 radical (unpaired) electrons. The third-order valence-electron chi connectivity index (χ3n) is 8.42. The zero-order valence-electron chi connectivity index (χ0n) is 25.6. The fraction of sp³-hybridized carbons (Fsp3) is 0.297. The third-order valence-corrected chi connectivity index (χ3v) is 8.42. The molecule has 6 rings (SSSR count). The Morgan fingerprint density at radius 3 is 1.86 bits per heavy atom. The summed E-state index contributed by atoms with van der Waals surface area (Å²) < 4.78 is 23.2. The lowest BCUT2D eigenvalue weighted by Gasteiger charge is -2.20. The van der Waals surface area contributed by atoms with E-state index in [9.17, 15) is 0 Å². The lowest BCUT2D eigenvalue weighted by atomic mass is 9.90. The zero-order chi connectivity index (χ0) is 29.9. The van der Waals surface area contributed by atoms with Gasteiger partial charge in [0.05, 0.1) is 21.3 Å². The van der Waals surface area contributed by atoms with Crippen molar-refractivity contribution in [2.45, 2.75) is 39.5 Å². The molecule has 0 saturated heterocycles.